The Morgan fingerprint density at radius 2 is 2.00 bits per heavy atom. The lowest BCUT2D eigenvalue weighted by Gasteiger charge is -2.39. The molecule has 28 heavy (non-hydrogen) atoms. The van der Waals surface area contributed by atoms with Gasteiger partial charge >= 0.3 is 0 Å². The molecule has 3 unspecified atom stereocenters. The van der Waals surface area contributed by atoms with Crippen LogP contribution in [0.1, 0.15) is 52.3 Å². The van der Waals surface area contributed by atoms with Crippen LogP contribution in [0.3, 0.4) is 0 Å². The highest BCUT2D eigenvalue weighted by atomic mass is 19.1. The van der Waals surface area contributed by atoms with Gasteiger partial charge < -0.3 is 14.9 Å². The van der Waals surface area contributed by atoms with Crippen molar-refractivity contribution in [1.29, 1.82) is 0 Å². The van der Waals surface area contributed by atoms with E-state index in [0.29, 0.717) is 18.4 Å². The molecule has 0 radical (unpaired) electrons. The van der Waals surface area contributed by atoms with Gasteiger partial charge in [0.05, 0.1) is 24.9 Å². The molecule has 1 aliphatic heterocycles. The molecule has 146 valence electrons. The first kappa shape index (κ1) is 19.7. The van der Waals surface area contributed by atoms with E-state index in [0.717, 1.165) is 24.0 Å². The summed E-state index contributed by atoms with van der Waals surface area (Å²) in [7, 11) is 4.54. The third-order valence-corrected chi connectivity index (χ3v) is 6.31. The van der Waals surface area contributed by atoms with Gasteiger partial charge in [0, 0.05) is 18.4 Å². The standard InChI is InChI=1S/C22H27B2FO3/c1-12-4-20(25)18(21-9-16(27)8-17(11-26)28-21)7-15(12)5-13-2-3-14-10-22(23,24)19(14)6-13/h2-4,6-7,16-17,21,26-27H,5,8-11,23-24H2,1H3. The minimum Gasteiger partial charge on any atom is -0.394 e. The molecule has 6 heteroatoms. The van der Waals surface area contributed by atoms with Crippen LogP contribution in [0, 0.1) is 12.7 Å². The summed E-state index contributed by atoms with van der Waals surface area (Å²) in [4.78, 5) is 0. The van der Waals surface area contributed by atoms with Gasteiger partial charge in [0.2, 0.25) is 0 Å². The monoisotopic (exact) mass is 380 g/mol. The van der Waals surface area contributed by atoms with Gasteiger partial charge in [0.15, 0.2) is 0 Å². The van der Waals surface area contributed by atoms with Crippen LogP contribution in [-0.2, 0) is 22.8 Å². The second kappa shape index (κ2) is 7.33. The predicted molar refractivity (Wildman–Crippen MR) is 113 cm³/mol. The molecule has 3 nitrogen and oxygen atoms in total. The molecule has 1 saturated heterocycles. The summed E-state index contributed by atoms with van der Waals surface area (Å²) in [5.41, 5.74) is 6.52. The smallest absolute Gasteiger partial charge is 0.129 e. The largest absolute Gasteiger partial charge is 0.394 e. The van der Waals surface area contributed by atoms with Crippen LogP contribution in [0.5, 0.6) is 0 Å². The van der Waals surface area contributed by atoms with Crippen molar-refractivity contribution in [2.75, 3.05) is 6.61 Å². The minimum absolute atomic E-state index is 0.168. The van der Waals surface area contributed by atoms with Crippen LogP contribution >= 0.6 is 0 Å². The SMILES string of the molecule is BC1(B)Cc2ccc(Cc3cc(C4CC(O)CC(CO)O4)c(F)cc3C)cc21. The number of aryl methyl sites for hydroxylation is 1. The Labute approximate surface area is 167 Å². The Morgan fingerprint density at radius 1 is 1.21 bits per heavy atom. The van der Waals surface area contributed by atoms with E-state index in [1.165, 1.54) is 16.7 Å². The average molecular weight is 380 g/mol. The molecular formula is C22H27B2FO3. The molecular weight excluding hydrogens is 353 g/mol. The lowest BCUT2D eigenvalue weighted by atomic mass is 9.42. The molecule has 1 heterocycles. The van der Waals surface area contributed by atoms with Crippen molar-refractivity contribution in [3.8, 4) is 0 Å². The summed E-state index contributed by atoms with van der Waals surface area (Å²) >= 11 is 0. The molecule has 1 aliphatic carbocycles. The van der Waals surface area contributed by atoms with E-state index >= 15 is 0 Å². The van der Waals surface area contributed by atoms with Gasteiger partial charge in [-0.3, -0.25) is 0 Å². The molecule has 1 fully saturated rings. The zero-order chi connectivity index (χ0) is 20.1. The summed E-state index contributed by atoms with van der Waals surface area (Å²) in [5.74, 6) is -0.310. The summed E-state index contributed by atoms with van der Waals surface area (Å²) in [6, 6.07) is 10.1. The van der Waals surface area contributed by atoms with E-state index in [1.807, 2.05) is 13.0 Å². The predicted octanol–water partition coefficient (Wildman–Crippen LogP) is 1.27. The number of aliphatic hydroxyl groups is 2. The van der Waals surface area contributed by atoms with Gasteiger partial charge in [-0.2, -0.15) is 0 Å². The van der Waals surface area contributed by atoms with E-state index in [-0.39, 0.29) is 17.6 Å². The van der Waals surface area contributed by atoms with Crippen LogP contribution in [0.25, 0.3) is 0 Å². The number of benzene rings is 2. The Bertz CT molecular complexity index is 900. The van der Waals surface area contributed by atoms with Gasteiger partial charge in [-0.1, -0.05) is 29.0 Å². The highest BCUT2D eigenvalue weighted by Crippen LogP contribution is 2.38. The summed E-state index contributed by atoms with van der Waals surface area (Å²) in [6.07, 6.45) is 1.03. The topological polar surface area (TPSA) is 49.7 Å². The highest BCUT2D eigenvalue weighted by Gasteiger charge is 2.34. The second-order valence-electron chi connectivity index (χ2n) is 9.08. The third-order valence-electron chi connectivity index (χ3n) is 6.31. The van der Waals surface area contributed by atoms with Crippen molar-refractivity contribution in [3.05, 3.63) is 69.5 Å². The molecule has 0 amide bonds. The lowest BCUT2D eigenvalue weighted by Crippen LogP contribution is -2.39. The molecule has 0 saturated carbocycles. The minimum atomic E-state index is -0.588. The maximum Gasteiger partial charge on any atom is 0.129 e. The fraction of sp³-hybridized carbons (Fsp3) is 0.455. The fourth-order valence-corrected chi connectivity index (χ4v) is 4.68. The molecule has 0 spiro atoms. The number of hydrogen-bond acceptors (Lipinski definition) is 3. The zero-order valence-corrected chi connectivity index (χ0v) is 16.8. The number of aliphatic hydroxyl groups excluding tert-OH is 2. The van der Waals surface area contributed by atoms with Crippen molar-refractivity contribution in [3.63, 3.8) is 0 Å². The molecule has 0 bridgehead atoms. The van der Waals surface area contributed by atoms with Gasteiger partial charge in [0.25, 0.3) is 0 Å². The highest BCUT2D eigenvalue weighted by molar-refractivity contribution is 6.41. The zero-order valence-electron chi connectivity index (χ0n) is 16.8. The van der Waals surface area contributed by atoms with Gasteiger partial charge in [-0.15, -0.1) is 0 Å². The number of rotatable bonds is 4. The maximum atomic E-state index is 14.7. The first-order chi connectivity index (χ1) is 13.3. The number of fused-ring (bicyclic) bond motifs is 1. The van der Waals surface area contributed by atoms with Gasteiger partial charge in [0.1, 0.15) is 21.5 Å². The average Bonchev–Trinajstić information content (AvgIpc) is 2.63. The van der Waals surface area contributed by atoms with Crippen LogP contribution in [0.4, 0.5) is 4.39 Å². The Kier molecular flexibility index (Phi) is 5.15. The van der Waals surface area contributed by atoms with E-state index < -0.39 is 18.3 Å². The molecule has 2 aliphatic rings. The van der Waals surface area contributed by atoms with Crippen LogP contribution < -0.4 is 0 Å². The summed E-state index contributed by atoms with van der Waals surface area (Å²) in [6.45, 7) is 1.76. The second-order valence-corrected chi connectivity index (χ2v) is 9.08. The maximum absolute atomic E-state index is 14.7. The molecule has 2 aromatic carbocycles. The van der Waals surface area contributed by atoms with E-state index in [4.69, 9.17) is 4.74 Å². The fourth-order valence-electron chi connectivity index (χ4n) is 4.68. The number of halogens is 1. The number of ether oxygens (including phenoxy) is 1. The van der Waals surface area contributed by atoms with Crippen LogP contribution in [0.15, 0.2) is 30.3 Å². The summed E-state index contributed by atoms with van der Waals surface area (Å²) in [5, 5.41) is 19.7. The van der Waals surface area contributed by atoms with Crippen molar-refractivity contribution in [2.24, 2.45) is 0 Å². The molecule has 0 aromatic heterocycles. The van der Waals surface area contributed by atoms with Crippen LogP contribution in [-0.4, -0.2) is 44.7 Å². The van der Waals surface area contributed by atoms with Crippen molar-refractivity contribution in [2.45, 2.75) is 56.1 Å². The van der Waals surface area contributed by atoms with Crippen molar-refractivity contribution < 1.29 is 19.3 Å². The Morgan fingerprint density at radius 3 is 2.71 bits per heavy atom. The van der Waals surface area contributed by atoms with E-state index in [2.05, 4.69) is 33.9 Å². The molecule has 2 N–H and O–H groups in total. The van der Waals surface area contributed by atoms with Crippen molar-refractivity contribution in [1.82, 2.24) is 0 Å². The van der Waals surface area contributed by atoms with E-state index in [9.17, 15) is 14.6 Å². The van der Waals surface area contributed by atoms with Gasteiger partial charge in [-0.25, -0.2) is 4.39 Å². The first-order valence-corrected chi connectivity index (χ1v) is 10.1. The quantitative estimate of drug-likeness (QED) is 0.786. The summed E-state index contributed by atoms with van der Waals surface area (Å²) < 4.78 is 20.6. The normalized spacial score (nSPS) is 25.8. The molecule has 3 atom stereocenters. The Hall–Kier alpha value is -1.62. The first-order valence-electron chi connectivity index (χ1n) is 10.1. The lowest BCUT2D eigenvalue weighted by molar-refractivity contribution is -0.114. The molecule has 2 aromatic rings. The van der Waals surface area contributed by atoms with Crippen molar-refractivity contribution >= 4 is 15.7 Å². The van der Waals surface area contributed by atoms with Gasteiger partial charge in [-0.05, 0) is 54.2 Å². The Balaban J connectivity index is 1.62. The van der Waals surface area contributed by atoms with E-state index in [1.54, 1.807) is 6.07 Å². The van der Waals surface area contributed by atoms with Crippen LogP contribution in [0.2, 0.25) is 0 Å². The number of hydrogen-bond donors (Lipinski definition) is 2. The molecule has 4 rings (SSSR count). The third kappa shape index (κ3) is 3.66.